The summed E-state index contributed by atoms with van der Waals surface area (Å²) in [6.07, 6.45) is 0. The number of carbonyl (C=O) groups is 3. The van der Waals surface area contributed by atoms with Crippen LogP contribution < -0.4 is 10.1 Å². The molecule has 1 rings (SSSR count). The smallest absolute Gasteiger partial charge is 0.326 e. The fourth-order valence-corrected chi connectivity index (χ4v) is 2.18. The molecule has 7 heteroatoms. The van der Waals surface area contributed by atoms with Gasteiger partial charge in [-0.2, -0.15) is 0 Å². The number of benzene rings is 1. The van der Waals surface area contributed by atoms with Crippen LogP contribution >= 0.6 is 0 Å². The molecular formula is C18H26N2O5. The van der Waals surface area contributed by atoms with Gasteiger partial charge in [0.1, 0.15) is 17.8 Å². The Morgan fingerprint density at radius 3 is 2.16 bits per heavy atom. The Labute approximate surface area is 148 Å². The number of nitrogens with zero attached hydrogens (tertiary/aromatic N) is 1. The van der Waals surface area contributed by atoms with Gasteiger partial charge >= 0.3 is 5.97 Å². The number of likely N-dealkylation sites (N-methyl/N-ethyl adjacent to an activating group) is 1. The van der Waals surface area contributed by atoms with E-state index in [1.54, 1.807) is 38.1 Å². The van der Waals surface area contributed by atoms with E-state index in [4.69, 9.17) is 9.84 Å². The molecule has 1 aromatic rings. The summed E-state index contributed by atoms with van der Waals surface area (Å²) in [4.78, 5) is 37.2. The monoisotopic (exact) mass is 350 g/mol. The molecule has 25 heavy (non-hydrogen) atoms. The first-order chi connectivity index (χ1) is 11.7. The Hall–Kier alpha value is -2.57. The summed E-state index contributed by atoms with van der Waals surface area (Å²) in [6.45, 7) is 7.41. The molecule has 138 valence electrons. The van der Waals surface area contributed by atoms with Crippen LogP contribution in [0, 0.1) is 5.92 Å². The highest BCUT2D eigenvalue weighted by atomic mass is 16.5. The van der Waals surface area contributed by atoms with E-state index in [0.29, 0.717) is 17.9 Å². The van der Waals surface area contributed by atoms with Crippen molar-refractivity contribution in [3.8, 4) is 5.75 Å². The molecular weight excluding hydrogens is 324 g/mol. The van der Waals surface area contributed by atoms with Gasteiger partial charge in [0.05, 0.1) is 6.61 Å². The van der Waals surface area contributed by atoms with E-state index in [9.17, 15) is 14.4 Å². The number of rotatable bonds is 8. The van der Waals surface area contributed by atoms with Crippen LogP contribution in [0.1, 0.15) is 38.1 Å². The lowest BCUT2D eigenvalue weighted by Gasteiger charge is -2.29. The first-order valence-electron chi connectivity index (χ1n) is 8.22. The summed E-state index contributed by atoms with van der Waals surface area (Å²) in [5, 5.41) is 11.8. The van der Waals surface area contributed by atoms with Gasteiger partial charge in [-0.05, 0) is 44.0 Å². The number of hydrogen-bond acceptors (Lipinski definition) is 4. The van der Waals surface area contributed by atoms with Gasteiger partial charge in [0, 0.05) is 12.6 Å². The second-order valence-electron chi connectivity index (χ2n) is 6.12. The van der Waals surface area contributed by atoms with Gasteiger partial charge in [-0.25, -0.2) is 4.79 Å². The van der Waals surface area contributed by atoms with Gasteiger partial charge in [0.25, 0.3) is 5.91 Å². The van der Waals surface area contributed by atoms with Crippen LogP contribution in [0.25, 0.3) is 0 Å². The minimum Gasteiger partial charge on any atom is -0.494 e. The second kappa shape index (κ2) is 9.05. The van der Waals surface area contributed by atoms with E-state index in [0.717, 1.165) is 4.90 Å². The summed E-state index contributed by atoms with van der Waals surface area (Å²) in [5.74, 6) is -1.47. The van der Waals surface area contributed by atoms with Crippen LogP contribution in [-0.4, -0.2) is 53.5 Å². The molecule has 0 aromatic heterocycles. The van der Waals surface area contributed by atoms with E-state index >= 15 is 0 Å². The number of hydrogen-bond donors (Lipinski definition) is 2. The highest BCUT2D eigenvalue weighted by Crippen LogP contribution is 2.14. The Morgan fingerprint density at radius 1 is 1.16 bits per heavy atom. The SMILES string of the molecule is CCOc1ccc(C(=O)NC(C(=O)N(C)C(C)C(=O)O)C(C)C)cc1. The third-order valence-corrected chi connectivity index (χ3v) is 3.93. The highest BCUT2D eigenvalue weighted by Gasteiger charge is 2.31. The van der Waals surface area contributed by atoms with Crippen molar-refractivity contribution in [2.24, 2.45) is 5.92 Å². The normalized spacial score (nSPS) is 13.0. The van der Waals surface area contributed by atoms with Crippen molar-refractivity contribution in [3.63, 3.8) is 0 Å². The topological polar surface area (TPSA) is 95.9 Å². The lowest BCUT2D eigenvalue weighted by atomic mass is 10.0. The van der Waals surface area contributed by atoms with E-state index in [1.807, 2.05) is 6.92 Å². The summed E-state index contributed by atoms with van der Waals surface area (Å²) >= 11 is 0. The van der Waals surface area contributed by atoms with Gasteiger partial charge in [-0.3, -0.25) is 9.59 Å². The second-order valence-corrected chi connectivity index (χ2v) is 6.12. The predicted molar refractivity (Wildman–Crippen MR) is 93.6 cm³/mol. The molecule has 2 N–H and O–H groups in total. The zero-order valence-corrected chi connectivity index (χ0v) is 15.3. The zero-order valence-electron chi connectivity index (χ0n) is 15.3. The largest absolute Gasteiger partial charge is 0.494 e. The van der Waals surface area contributed by atoms with Crippen LogP contribution in [0.5, 0.6) is 5.75 Å². The first kappa shape index (κ1) is 20.5. The van der Waals surface area contributed by atoms with Crippen LogP contribution in [0.3, 0.4) is 0 Å². The quantitative estimate of drug-likeness (QED) is 0.745. The van der Waals surface area contributed by atoms with Gasteiger partial charge in [-0.15, -0.1) is 0 Å². The van der Waals surface area contributed by atoms with E-state index < -0.39 is 29.9 Å². The number of nitrogens with one attached hydrogen (secondary N) is 1. The van der Waals surface area contributed by atoms with Crippen molar-refractivity contribution in [2.45, 2.75) is 39.8 Å². The van der Waals surface area contributed by atoms with E-state index in [2.05, 4.69) is 5.32 Å². The molecule has 0 spiro atoms. The molecule has 2 amide bonds. The van der Waals surface area contributed by atoms with Crippen LogP contribution in [0.2, 0.25) is 0 Å². The predicted octanol–water partition coefficient (Wildman–Crippen LogP) is 1.77. The van der Waals surface area contributed by atoms with Gasteiger partial charge < -0.3 is 20.1 Å². The number of carbonyl (C=O) groups excluding carboxylic acids is 2. The Bertz CT molecular complexity index is 612. The lowest BCUT2D eigenvalue weighted by Crippen LogP contribution is -2.53. The zero-order chi connectivity index (χ0) is 19.1. The van der Waals surface area contributed by atoms with Crippen molar-refractivity contribution >= 4 is 17.8 Å². The molecule has 2 atom stereocenters. The van der Waals surface area contributed by atoms with Crippen molar-refractivity contribution < 1.29 is 24.2 Å². The Kier molecular flexibility index (Phi) is 7.42. The van der Waals surface area contributed by atoms with Gasteiger partial charge in [0.15, 0.2) is 0 Å². The molecule has 0 aliphatic heterocycles. The number of ether oxygens (including phenoxy) is 1. The van der Waals surface area contributed by atoms with Gasteiger partial charge in [-0.1, -0.05) is 13.8 Å². The maximum Gasteiger partial charge on any atom is 0.326 e. The highest BCUT2D eigenvalue weighted by molar-refractivity contribution is 5.98. The number of amides is 2. The molecule has 0 heterocycles. The van der Waals surface area contributed by atoms with Crippen LogP contribution in [0.4, 0.5) is 0 Å². The van der Waals surface area contributed by atoms with Crippen molar-refractivity contribution in [2.75, 3.05) is 13.7 Å². The molecule has 0 fully saturated rings. The Balaban J connectivity index is 2.88. The summed E-state index contributed by atoms with van der Waals surface area (Å²) in [5.41, 5.74) is 0.399. The van der Waals surface area contributed by atoms with Crippen LogP contribution in [-0.2, 0) is 9.59 Å². The van der Waals surface area contributed by atoms with Crippen LogP contribution in [0.15, 0.2) is 24.3 Å². The number of carboxylic acid groups (broad SMARTS) is 1. The molecule has 0 bridgehead atoms. The molecule has 0 aliphatic carbocycles. The molecule has 1 aromatic carbocycles. The maximum absolute atomic E-state index is 12.6. The van der Waals surface area contributed by atoms with Gasteiger partial charge in [0.2, 0.25) is 5.91 Å². The van der Waals surface area contributed by atoms with Crippen molar-refractivity contribution in [1.29, 1.82) is 0 Å². The third kappa shape index (κ3) is 5.48. The lowest BCUT2D eigenvalue weighted by molar-refractivity contribution is -0.149. The average molecular weight is 350 g/mol. The molecule has 0 aliphatic rings. The summed E-state index contributed by atoms with van der Waals surface area (Å²) in [6, 6.07) is 4.81. The van der Waals surface area contributed by atoms with Crippen molar-refractivity contribution in [3.05, 3.63) is 29.8 Å². The molecule has 0 saturated carbocycles. The summed E-state index contributed by atoms with van der Waals surface area (Å²) in [7, 11) is 1.42. The molecule has 7 nitrogen and oxygen atoms in total. The molecule has 0 radical (unpaired) electrons. The number of carboxylic acids is 1. The van der Waals surface area contributed by atoms with E-state index in [-0.39, 0.29) is 5.92 Å². The number of aliphatic carboxylic acids is 1. The minimum atomic E-state index is -1.10. The van der Waals surface area contributed by atoms with E-state index in [1.165, 1.54) is 14.0 Å². The molecule has 2 unspecified atom stereocenters. The first-order valence-corrected chi connectivity index (χ1v) is 8.22. The standard InChI is InChI=1S/C18H26N2O5/c1-6-25-14-9-7-13(8-10-14)16(21)19-15(11(2)3)17(22)20(5)12(4)18(23)24/h7-12,15H,6H2,1-5H3,(H,19,21)(H,23,24). The average Bonchev–Trinajstić information content (AvgIpc) is 2.58. The fraction of sp³-hybridized carbons (Fsp3) is 0.500. The Morgan fingerprint density at radius 2 is 1.72 bits per heavy atom. The third-order valence-electron chi connectivity index (χ3n) is 3.93. The maximum atomic E-state index is 12.6. The van der Waals surface area contributed by atoms with Crippen molar-refractivity contribution in [1.82, 2.24) is 10.2 Å². The molecule has 0 saturated heterocycles. The summed E-state index contributed by atoms with van der Waals surface area (Å²) < 4.78 is 5.33. The fourth-order valence-electron chi connectivity index (χ4n) is 2.18. The minimum absolute atomic E-state index is 0.192.